The second-order valence-electron chi connectivity index (χ2n) is 11.3. The Morgan fingerprint density at radius 3 is 2.83 bits per heavy atom. The number of hydrogen-bond donors (Lipinski definition) is 4. The maximum absolute atomic E-state index is 15.0. The molecule has 208 valence electrons. The van der Waals surface area contributed by atoms with Gasteiger partial charge in [0.15, 0.2) is 5.60 Å². The number of cyclic esters (lactones) is 1. The molecule has 1 saturated heterocycles. The standard InChI is InChI=1S/C29H29FN4O6/c1-3-29(39)17-7-22-25-15(10-34(22)27(37)16(17)11-40-28(29)38)24-19(33-26(36)21-6-13(35)9-31-21)5-4-14-12(2)18(30)8-20(32-25)23(14)24/h7-8,13,19,21,31,35,39H,3-6,9-11H2,1-2H3,(H,33,36)/t13-,19+,21?,29+/m1/s1. The lowest BCUT2D eigenvalue weighted by Gasteiger charge is -2.31. The molecule has 3 aromatic rings. The van der Waals surface area contributed by atoms with Gasteiger partial charge >= 0.3 is 5.97 Å². The van der Waals surface area contributed by atoms with E-state index in [4.69, 9.17) is 9.72 Å². The van der Waals surface area contributed by atoms with Gasteiger partial charge in [0.1, 0.15) is 12.4 Å². The van der Waals surface area contributed by atoms with Crippen molar-refractivity contribution in [1.82, 2.24) is 20.2 Å². The Kier molecular flexibility index (Phi) is 5.48. The van der Waals surface area contributed by atoms with Crippen molar-refractivity contribution in [1.29, 1.82) is 0 Å². The number of aryl methyl sites for hydroxylation is 1. The molecular weight excluding hydrogens is 519 g/mol. The molecule has 11 heteroatoms. The first-order chi connectivity index (χ1) is 19.1. The van der Waals surface area contributed by atoms with E-state index in [-0.39, 0.29) is 48.0 Å². The fourth-order valence-electron chi connectivity index (χ4n) is 6.89. The summed E-state index contributed by atoms with van der Waals surface area (Å²) in [5, 5.41) is 28.1. The number of rotatable bonds is 3. The third-order valence-corrected chi connectivity index (χ3v) is 9.12. The van der Waals surface area contributed by atoms with Gasteiger partial charge in [-0.1, -0.05) is 6.92 Å². The summed E-state index contributed by atoms with van der Waals surface area (Å²) in [5.74, 6) is -1.41. The molecule has 1 aliphatic carbocycles. The van der Waals surface area contributed by atoms with Crippen molar-refractivity contribution in [2.75, 3.05) is 6.54 Å². The number of benzene rings is 1. The van der Waals surface area contributed by atoms with Crippen LogP contribution in [0.2, 0.25) is 0 Å². The Hall–Kier alpha value is -3.67. The van der Waals surface area contributed by atoms with E-state index in [1.54, 1.807) is 24.5 Å². The number of hydrogen-bond acceptors (Lipinski definition) is 8. The number of amides is 1. The Labute approximate surface area is 228 Å². The predicted octanol–water partition coefficient (Wildman–Crippen LogP) is 1.35. The second kappa shape index (κ2) is 8.66. The summed E-state index contributed by atoms with van der Waals surface area (Å²) >= 11 is 0. The van der Waals surface area contributed by atoms with Crippen LogP contribution in [0.1, 0.15) is 65.6 Å². The maximum atomic E-state index is 15.0. The number of aromatic nitrogens is 2. The number of β-amino-alcohol motifs (C(OH)–C–C–N with tert-alkyl or cyclic N) is 1. The van der Waals surface area contributed by atoms with Crippen LogP contribution >= 0.6 is 0 Å². The molecule has 3 aliphatic heterocycles. The highest BCUT2D eigenvalue weighted by Gasteiger charge is 2.46. The maximum Gasteiger partial charge on any atom is 0.343 e. The van der Waals surface area contributed by atoms with Crippen LogP contribution in [0.4, 0.5) is 4.39 Å². The van der Waals surface area contributed by atoms with E-state index in [0.29, 0.717) is 48.3 Å². The first-order valence-electron chi connectivity index (χ1n) is 13.7. The fraction of sp³-hybridized carbons (Fsp3) is 0.448. The summed E-state index contributed by atoms with van der Waals surface area (Å²) < 4.78 is 21.8. The number of nitrogens with one attached hydrogen (secondary N) is 2. The molecule has 1 aromatic carbocycles. The number of aliphatic hydroxyl groups excluding tert-OH is 1. The van der Waals surface area contributed by atoms with Crippen LogP contribution in [0.3, 0.4) is 0 Å². The van der Waals surface area contributed by atoms with E-state index >= 15 is 4.39 Å². The van der Waals surface area contributed by atoms with Crippen LogP contribution in [-0.2, 0) is 39.5 Å². The molecule has 4 aliphatic rings. The number of carbonyl (C=O) groups excluding carboxylic acids is 2. The van der Waals surface area contributed by atoms with Crippen LogP contribution in [0.25, 0.3) is 22.3 Å². The lowest BCUT2D eigenvalue weighted by molar-refractivity contribution is -0.172. The van der Waals surface area contributed by atoms with E-state index < -0.39 is 29.8 Å². The smallest absolute Gasteiger partial charge is 0.343 e. The molecule has 4 atom stereocenters. The lowest BCUT2D eigenvalue weighted by Crippen LogP contribution is -2.44. The summed E-state index contributed by atoms with van der Waals surface area (Å²) in [6.45, 7) is 3.67. The molecule has 0 spiro atoms. The van der Waals surface area contributed by atoms with Crippen molar-refractivity contribution < 1.29 is 28.9 Å². The summed E-state index contributed by atoms with van der Waals surface area (Å²) in [6.07, 6.45) is 0.830. The third-order valence-electron chi connectivity index (χ3n) is 9.12. The average molecular weight is 549 g/mol. The van der Waals surface area contributed by atoms with E-state index in [2.05, 4.69) is 10.6 Å². The molecular formula is C29H29FN4O6. The van der Waals surface area contributed by atoms with Crippen molar-refractivity contribution in [2.24, 2.45) is 0 Å². The first kappa shape index (κ1) is 25.3. The number of aliphatic hydroxyl groups is 2. The molecule has 5 heterocycles. The molecule has 0 saturated carbocycles. The molecule has 7 rings (SSSR count). The van der Waals surface area contributed by atoms with E-state index in [0.717, 1.165) is 22.1 Å². The molecule has 1 fully saturated rings. The highest BCUT2D eigenvalue weighted by atomic mass is 19.1. The minimum atomic E-state index is -1.96. The van der Waals surface area contributed by atoms with E-state index in [9.17, 15) is 24.6 Å². The highest BCUT2D eigenvalue weighted by Crippen LogP contribution is 2.46. The minimum Gasteiger partial charge on any atom is -0.458 e. The van der Waals surface area contributed by atoms with Crippen molar-refractivity contribution in [3.05, 3.63) is 61.7 Å². The largest absolute Gasteiger partial charge is 0.458 e. The van der Waals surface area contributed by atoms with Crippen LogP contribution in [0.5, 0.6) is 0 Å². The van der Waals surface area contributed by atoms with Gasteiger partial charge in [-0.3, -0.25) is 9.59 Å². The Morgan fingerprint density at radius 2 is 2.10 bits per heavy atom. The van der Waals surface area contributed by atoms with Gasteiger partial charge in [0.2, 0.25) is 5.91 Å². The van der Waals surface area contributed by atoms with Gasteiger partial charge in [0, 0.05) is 29.1 Å². The number of carbonyl (C=O) groups is 2. The zero-order valence-corrected chi connectivity index (χ0v) is 22.1. The van der Waals surface area contributed by atoms with Crippen molar-refractivity contribution in [3.63, 3.8) is 0 Å². The molecule has 0 bridgehead atoms. The molecule has 40 heavy (non-hydrogen) atoms. The minimum absolute atomic E-state index is 0.0246. The summed E-state index contributed by atoms with van der Waals surface area (Å²) in [6, 6.07) is 2.08. The van der Waals surface area contributed by atoms with Crippen LogP contribution in [0, 0.1) is 12.7 Å². The van der Waals surface area contributed by atoms with E-state index in [1.165, 1.54) is 6.07 Å². The van der Waals surface area contributed by atoms with Gasteiger partial charge in [-0.25, -0.2) is 14.2 Å². The SMILES string of the molecule is CC[C@@]1(O)C(=O)OCc2c1cc1n(c2=O)Cc2c-1nc1cc(F)c(C)c3c1c2[C@@H](NC(=O)C1C[C@@H](O)CN1)CC3. The molecule has 10 nitrogen and oxygen atoms in total. The highest BCUT2D eigenvalue weighted by molar-refractivity contribution is 5.94. The van der Waals surface area contributed by atoms with Gasteiger partial charge in [-0.05, 0) is 55.4 Å². The molecule has 1 amide bonds. The van der Waals surface area contributed by atoms with Crippen LogP contribution in [0.15, 0.2) is 16.9 Å². The van der Waals surface area contributed by atoms with Gasteiger partial charge in [0.05, 0.1) is 47.2 Å². The number of pyridine rings is 2. The first-order valence-corrected chi connectivity index (χ1v) is 13.7. The zero-order chi connectivity index (χ0) is 28.1. The van der Waals surface area contributed by atoms with Crippen molar-refractivity contribution in [2.45, 2.75) is 76.5 Å². The van der Waals surface area contributed by atoms with Gasteiger partial charge in [-0.15, -0.1) is 0 Å². The Balaban J connectivity index is 1.44. The average Bonchev–Trinajstić information content (AvgIpc) is 3.54. The quantitative estimate of drug-likeness (QED) is 0.281. The second-order valence-corrected chi connectivity index (χ2v) is 11.3. The Morgan fingerprint density at radius 1 is 1.30 bits per heavy atom. The van der Waals surface area contributed by atoms with Gasteiger partial charge in [0.25, 0.3) is 5.56 Å². The zero-order valence-electron chi connectivity index (χ0n) is 22.1. The normalized spacial score (nSPS) is 26.3. The van der Waals surface area contributed by atoms with Crippen molar-refractivity contribution in [3.8, 4) is 11.4 Å². The topological polar surface area (TPSA) is 143 Å². The van der Waals surface area contributed by atoms with E-state index in [1.807, 2.05) is 0 Å². The summed E-state index contributed by atoms with van der Waals surface area (Å²) in [5.41, 5.74) is 2.31. The van der Waals surface area contributed by atoms with Gasteiger partial charge < -0.3 is 30.2 Å². The number of fused-ring (bicyclic) bond motifs is 5. The molecule has 2 aromatic heterocycles. The molecule has 4 N–H and O–H groups in total. The number of ether oxygens (including phenoxy) is 1. The molecule has 1 unspecified atom stereocenters. The number of nitrogens with zero attached hydrogens (tertiary/aromatic N) is 2. The van der Waals surface area contributed by atoms with Gasteiger partial charge in [-0.2, -0.15) is 0 Å². The van der Waals surface area contributed by atoms with Crippen molar-refractivity contribution >= 4 is 22.8 Å². The van der Waals surface area contributed by atoms with Crippen LogP contribution < -0.4 is 16.2 Å². The molecule has 0 radical (unpaired) electrons. The number of esters is 1. The summed E-state index contributed by atoms with van der Waals surface area (Å²) in [4.78, 5) is 44.3. The summed E-state index contributed by atoms with van der Waals surface area (Å²) in [7, 11) is 0. The fourth-order valence-corrected chi connectivity index (χ4v) is 6.89. The van der Waals surface area contributed by atoms with Crippen LogP contribution in [-0.4, -0.2) is 50.3 Å². The monoisotopic (exact) mass is 548 g/mol. The number of halogens is 1. The lowest BCUT2D eigenvalue weighted by atomic mass is 9.81. The third kappa shape index (κ3) is 3.37. The predicted molar refractivity (Wildman–Crippen MR) is 141 cm³/mol. The Bertz CT molecular complexity index is 1720.